The SMILES string of the molecule is CC(=O)c1cccc(OCCC(C)N2CCN(C)CC2)c1. The van der Waals surface area contributed by atoms with E-state index in [-0.39, 0.29) is 5.78 Å². The van der Waals surface area contributed by atoms with Gasteiger partial charge in [-0.2, -0.15) is 0 Å². The molecule has 1 aromatic rings. The van der Waals surface area contributed by atoms with E-state index in [2.05, 4.69) is 23.8 Å². The van der Waals surface area contributed by atoms with Gasteiger partial charge in [-0.05, 0) is 39.4 Å². The molecule has 0 saturated carbocycles. The highest BCUT2D eigenvalue weighted by Crippen LogP contribution is 2.15. The Hall–Kier alpha value is -1.39. The predicted molar refractivity (Wildman–Crippen MR) is 85.1 cm³/mol. The predicted octanol–water partition coefficient (Wildman–Crippen LogP) is 2.29. The van der Waals surface area contributed by atoms with Crippen LogP contribution in [0.3, 0.4) is 0 Å². The number of nitrogens with zero attached hydrogens (tertiary/aromatic N) is 2. The summed E-state index contributed by atoms with van der Waals surface area (Å²) in [5, 5.41) is 0. The smallest absolute Gasteiger partial charge is 0.159 e. The minimum atomic E-state index is 0.0752. The normalized spacial score (nSPS) is 18.4. The van der Waals surface area contributed by atoms with Crippen LogP contribution in [-0.4, -0.2) is 61.5 Å². The summed E-state index contributed by atoms with van der Waals surface area (Å²) in [6, 6.07) is 7.96. The zero-order valence-electron chi connectivity index (χ0n) is 13.3. The van der Waals surface area contributed by atoms with Gasteiger partial charge in [0.1, 0.15) is 5.75 Å². The van der Waals surface area contributed by atoms with Crippen LogP contribution in [0, 0.1) is 0 Å². The van der Waals surface area contributed by atoms with Crippen molar-refractivity contribution in [1.82, 2.24) is 9.80 Å². The molecule has 1 heterocycles. The van der Waals surface area contributed by atoms with Crippen molar-refractivity contribution in [3.63, 3.8) is 0 Å². The molecule has 1 saturated heterocycles. The second-order valence-corrected chi connectivity index (χ2v) is 5.91. The summed E-state index contributed by atoms with van der Waals surface area (Å²) in [4.78, 5) is 16.2. The van der Waals surface area contributed by atoms with Gasteiger partial charge in [0.05, 0.1) is 6.61 Å². The Bertz CT molecular complexity index is 468. The molecule has 4 heteroatoms. The van der Waals surface area contributed by atoms with Gasteiger partial charge in [-0.3, -0.25) is 9.69 Å². The zero-order valence-corrected chi connectivity index (χ0v) is 13.3. The number of carbonyl (C=O) groups is 1. The molecule has 2 rings (SSSR count). The fraction of sp³-hybridized carbons (Fsp3) is 0.588. The number of ketones is 1. The highest BCUT2D eigenvalue weighted by Gasteiger charge is 2.18. The first-order valence-electron chi connectivity index (χ1n) is 7.72. The molecule has 0 bridgehead atoms. The number of hydrogen-bond acceptors (Lipinski definition) is 4. The molecule has 1 unspecified atom stereocenters. The van der Waals surface area contributed by atoms with Crippen LogP contribution in [0.15, 0.2) is 24.3 Å². The summed E-state index contributed by atoms with van der Waals surface area (Å²) in [5.74, 6) is 0.861. The molecule has 0 aliphatic carbocycles. The van der Waals surface area contributed by atoms with Crippen LogP contribution in [-0.2, 0) is 0 Å². The molecular weight excluding hydrogens is 264 g/mol. The Morgan fingerprint density at radius 2 is 2.00 bits per heavy atom. The van der Waals surface area contributed by atoms with Crippen LogP contribution in [0.4, 0.5) is 0 Å². The van der Waals surface area contributed by atoms with Gasteiger partial charge in [-0.25, -0.2) is 0 Å². The van der Waals surface area contributed by atoms with Crippen molar-refractivity contribution in [3.8, 4) is 5.75 Å². The van der Waals surface area contributed by atoms with Gasteiger partial charge < -0.3 is 9.64 Å². The quantitative estimate of drug-likeness (QED) is 0.753. The van der Waals surface area contributed by atoms with E-state index in [1.165, 1.54) is 0 Å². The Labute approximate surface area is 127 Å². The number of likely N-dealkylation sites (N-methyl/N-ethyl adjacent to an activating group) is 1. The van der Waals surface area contributed by atoms with E-state index in [0.717, 1.165) is 38.3 Å². The highest BCUT2D eigenvalue weighted by molar-refractivity contribution is 5.94. The van der Waals surface area contributed by atoms with Gasteiger partial charge in [0.25, 0.3) is 0 Å². The van der Waals surface area contributed by atoms with Gasteiger partial charge in [-0.1, -0.05) is 12.1 Å². The number of hydrogen-bond donors (Lipinski definition) is 0. The van der Waals surface area contributed by atoms with Crippen LogP contribution in [0.2, 0.25) is 0 Å². The van der Waals surface area contributed by atoms with Crippen molar-refractivity contribution in [3.05, 3.63) is 29.8 Å². The van der Waals surface area contributed by atoms with E-state index in [4.69, 9.17) is 4.74 Å². The lowest BCUT2D eigenvalue weighted by Crippen LogP contribution is -2.48. The summed E-state index contributed by atoms with van der Waals surface area (Å²) >= 11 is 0. The maximum Gasteiger partial charge on any atom is 0.159 e. The van der Waals surface area contributed by atoms with E-state index >= 15 is 0 Å². The summed E-state index contributed by atoms with van der Waals surface area (Å²) in [7, 11) is 2.17. The van der Waals surface area contributed by atoms with Crippen LogP contribution >= 0.6 is 0 Å². The van der Waals surface area contributed by atoms with Crippen molar-refractivity contribution >= 4 is 5.78 Å². The molecule has 1 aliphatic heterocycles. The third kappa shape index (κ3) is 4.83. The third-order valence-corrected chi connectivity index (χ3v) is 4.21. The van der Waals surface area contributed by atoms with Crippen molar-refractivity contribution in [2.75, 3.05) is 39.8 Å². The number of Topliss-reactive ketones (excluding diaryl/α,β-unsaturated/α-hetero) is 1. The molecule has 1 aromatic carbocycles. The molecule has 0 spiro atoms. The molecule has 0 N–H and O–H groups in total. The molecular formula is C17H26N2O2. The first kappa shape index (κ1) is 16.0. The lowest BCUT2D eigenvalue weighted by molar-refractivity contribution is 0.101. The standard InChI is InChI=1S/C17H26N2O2/c1-14(19-10-8-18(3)9-11-19)7-12-21-17-6-4-5-16(13-17)15(2)20/h4-6,13-14H,7-12H2,1-3H3. The maximum atomic E-state index is 11.3. The molecule has 0 amide bonds. The van der Waals surface area contributed by atoms with Gasteiger partial charge >= 0.3 is 0 Å². The second-order valence-electron chi connectivity index (χ2n) is 5.91. The second kappa shape index (κ2) is 7.57. The van der Waals surface area contributed by atoms with E-state index in [0.29, 0.717) is 18.2 Å². The molecule has 21 heavy (non-hydrogen) atoms. The van der Waals surface area contributed by atoms with Crippen LogP contribution in [0.1, 0.15) is 30.6 Å². The monoisotopic (exact) mass is 290 g/mol. The molecule has 0 radical (unpaired) electrons. The first-order chi connectivity index (χ1) is 10.1. The summed E-state index contributed by atoms with van der Waals surface area (Å²) in [6.45, 7) is 9.09. The molecule has 0 aromatic heterocycles. The Morgan fingerprint density at radius 3 is 2.67 bits per heavy atom. The fourth-order valence-corrected chi connectivity index (χ4v) is 2.60. The number of ether oxygens (including phenoxy) is 1. The largest absolute Gasteiger partial charge is 0.494 e. The van der Waals surface area contributed by atoms with Crippen LogP contribution in [0.25, 0.3) is 0 Å². The Balaban J connectivity index is 1.76. The molecule has 1 fully saturated rings. The van der Waals surface area contributed by atoms with Gasteiger partial charge in [-0.15, -0.1) is 0 Å². The lowest BCUT2D eigenvalue weighted by atomic mass is 10.1. The van der Waals surface area contributed by atoms with Crippen molar-refractivity contribution < 1.29 is 9.53 Å². The Kier molecular flexibility index (Phi) is 5.76. The third-order valence-electron chi connectivity index (χ3n) is 4.21. The fourth-order valence-electron chi connectivity index (χ4n) is 2.60. The molecule has 4 nitrogen and oxygen atoms in total. The van der Waals surface area contributed by atoms with Crippen molar-refractivity contribution in [1.29, 1.82) is 0 Å². The van der Waals surface area contributed by atoms with Gasteiger partial charge in [0.15, 0.2) is 5.78 Å². The van der Waals surface area contributed by atoms with E-state index in [1.807, 2.05) is 24.3 Å². The number of rotatable bonds is 6. The first-order valence-corrected chi connectivity index (χ1v) is 7.72. The molecule has 1 atom stereocenters. The summed E-state index contributed by atoms with van der Waals surface area (Å²) in [5.41, 5.74) is 0.708. The maximum absolute atomic E-state index is 11.3. The number of carbonyl (C=O) groups excluding carboxylic acids is 1. The van der Waals surface area contributed by atoms with Crippen LogP contribution in [0.5, 0.6) is 5.75 Å². The Morgan fingerprint density at radius 1 is 1.29 bits per heavy atom. The van der Waals surface area contributed by atoms with Gasteiger partial charge in [0, 0.05) is 37.8 Å². The minimum absolute atomic E-state index is 0.0752. The van der Waals surface area contributed by atoms with Crippen molar-refractivity contribution in [2.45, 2.75) is 26.3 Å². The molecule has 116 valence electrons. The average Bonchev–Trinajstić information content (AvgIpc) is 2.48. The average molecular weight is 290 g/mol. The summed E-state index contributed by atoms with van der Waals surface area (Å²) < 4.78 is 5.79. The highest BCUT2D eigenvalue weighted by atomic mass is 16.5. The van der Waals surface area contributed by atoms with Crippen LogP contribution < -0.4 is 4.74 Å². The minimum Gasteiger partial charge on any atom is -0.494 e. The zero-order chi connectivity index (χ0) is 15.2. The van der Waals surface area contributed by atoms with E-state index < -0.39 is 0 Å². The lowest BCUT2D eigenvalue weighted by Gasteiger charge is -2.36. The summed E-state index contributed by atoms with van der Waals surface area (Å²) in [6.07, 6.45) is 1.01. The van der Waals surface area contributed by atoms with Gasteiger partial charge in [0.2, 0.25) is 0 Å². The number of piperazine rings is 1. The number of benzene rings is 1. The molecule has 1 aliphatic rings. The topological polar surface area (TPSA) is 32.8 Å². The van der Waals surface area contributed by atoms with E-state index in [9.17, 15) is 4.79 Å². The van der Waals surface area contributed by atoms with Crippen molar-refractivity contribution in [2.24, 2.45) is 0 Å². The van der Waals surface area contributed by atoms with E-state index in [1.54, 1.807) is 6.92 Å².